The summed E-state index contributed by atoms with van der Waals surface area (Å²) in [4.78, 5) is 27.4. The molecule has 1 fully saturated rings. The second kappa shape index (κ2) is 12.5. The molecule has 0 aromatic heterocycles. The summed E-state index contributed by atoms with van der Waals surface area (Å²) in [5, 5.41) is 6.07. The van der Waals surface area contributed by atoms with Gasteiger partial charge < -0.3 is 10.6 Å². The van der Waals surface area contributed by atoms with Crippen LogP contribution in [0.2, 0.25) is 0 Å². The number of rotatable bonds is 5. The summed E-state index contributed by atoms with van der Waals surface area (Å²) >= 11 is 1.28. The first-order chi connectivity index (χ1) is 12.4. The van der Waals surface area contributed by atoms with E-state index in [2.05, 4.69) is 52.9 Å². The molecule has 0 heterocycles. The molecule has 0 aliphatic heterocycles. The third-order valence-electron chi connectivity index (χ3n) is 3.45. The molecule has 2 amide bonds. The Morgan fingerprint density at radius 2 is 2.04 bits per heavy atom. The van der Waals surface area contributed by atoms with Crippen LogP contribution in [0.15, 0.2) is 40.9 Å². The standard InChI is InChI=1S/C12H21N3O2S.C8H10/c1-4-13-10(16)7-18-12(14-8(2)3)15-11(17)9-5-6-9;1-8-6-4-2-3-5-7-8/h8-9H,4-7H2,1-3H3,(H,13,16)(H,14,15,17);2-4,6-7H,5H2,1H3. The Morgan fingerprint density at radius 1 is 1.31 bits per heavy atom. The fourth-order valence-corrected chi connectivity index (χ4v) is 2.79. The third kappa shape index (κ3) is 10.9. The van der Waals surface area contributed by atoms with Gasteiger partial charge in [0.1, 0.15) is 0 Å². The second-order valence-corrected chi connectivity index (χ2v) is 7.47. The summed E-state index contributed by atoms with van der Waals surface area (Å²) in [7, 11) is 0. The van der Waals surface area contributed by atoms with Gasteiger partial charge in [0.25, 0.3) is 0 Å². The molecule has 2 aliphatic carbocycles. The Labute approximate surface area is 161 Å². The summed E-state index contributed by atoms with van der Waals surface area (Å²) in [5.74, 6) is 0.412. The summed E-state index contributed by atoms with van der Waals surface area (Å²) in [5.41, 5.74) is 1.36. The topological polar surface area (TPSA) is 70.6 Å². The number of aliphatic imine (C=N–C) groups is 1. The van der Waals surface area contributed by atoms with E-state index in [-0.39, 0.29) is 29.5 Å². The summed E-state index contributed by atoms with van der Waals surface area (Å²) in [6.45, 7) is 8.49. The van der Waals surface area contributed by atoms with Crippen LogP contribution in [0.5, 0.6) is 0 Å². The normalized spacial score (nSPS) is 16.3. The quantitative estimate of drug-likeness (QED) is 0.568. The van der Waals surface area contributed by atoms with Crippen molar-refractivity contribution >= 4 is 28.7 Å². The van der Waals surface area contributed by atoms with E-state index in [1.807, 2.05) is 20.8 Å². The predicted octanol–water partition coefficient (Wildman–Crippen LogP) is 3.60. The summed E-state index contributed by atoms with van der Waals surface area (Å²) in [6.07, 6.45) is 13.6. The number of carbonyl (C=O) groups excluding carboxylic acids is 2. The van der Waals surface area contributed by atoms with E-state index >= 15 is 0 Å². The molecule has 26 heavy (non-hydrogen) atoms. The van der Waals surface area contributed by atoms with Crippen LogP contribution in [0, 0.1) is 5.92 Å². The van der Waals surface area contributed by atoms with Crippen LogP contribution in [0.3, 0.4) is 0 Å². The molecule has 0 radical (unpaired) electrons. The van der Waals surface area contributed by atoms with E-state index < -0.39 is 0 Å². The van der Waals surface area contributed by atoms with Crippen LogP contribution < -0.4 is 10.6 Å². The van der Waals surface area contributed by atoms with Gasteiger partial charge in [0.05, 0.1) is 5.75 Å². The summed E-state index contributed by atoms with van der Waals surface area (Å²) < 4.78 is 0. The lowest BCUT2D eigenvalue weighted by Crippen LogP contribution is -2.32. The molecular formula is C20H31N3O2S. The first kappa shape index (κ1) is 22.2. The van der Waals surface area contributed by atoms with E-state index in [1.54, 1.807) is 0 Å². The van der Waals surface area contributed by atoms with Crippen LogP contribution >= 0.6 is 11.8 Å². The van der Waals surface area contributed by atoms with Gasteiger partial charge in [-0.15, -0.1) is 0 Å². The minimum absolute atomic E-state index is 0.0257. The molecule has 6 heteroatoms. The minimum atomic E-state index is -0.0420. The number of hydrogen-bond acceptors (Lipinski definition) is 4. The molecule has 0 bridgehead atoms. The van der Waals surface area contributed by atoms with Crippen molar-refractivity contribution < 1.29 is 9.59 Å². The zero-order valence-corrected chi connectivity index (χ0v) is 17.1. The van der Waals surface area contributed by atoms with Crippen LogP contribution in [-0.4, -0.2) is 35.3 Å². The highest BCUT2D eigenvalue weighted by atomic mass is 32.2. The zero-order chi connectivity index (χ0) is 19.4. The largest absolute Gasteiger partial charge is 0.356 e. The van der Waals surface area contributed by atoms with Crippen LogP contribution in [0.25, 0.3) is 0 Å². The minimum Gasteiger partial charge on any atom is -0.356 e. The van der Waals surface area contributed by atoms with Gasteiger partial charge in [0.2, 0.25) is 11.8 Å². The molecule has 0 spiro atoms. The number of allylic oxidation sites excluding steroid dienone is 6. The molecular weight excluding hydrogens is 346 g/mol. The van der Waals surface area contributed by atoms with Crippen molar-refractivity contribution in [3.8, 4) is 0 Å². The lowest BCUT2D eigenvalue weighted by Gasteiger charge is -2.09. The van der Waals surface area contributed by atoms with E-state index in [0.29, 0.717) is 11.7 Å². The third-order valence-corrected chi connectivity index (χ3v) is 4.34. The van der Waals surface area contributed by atoms with Gasteiger partial charge in [-0.2, -0.15) is 0 Å². The molecule has 2 aliphatic rings. The second-order valence-electron chi connectivity index (χ2n) is 6.50. The fourth-order valence-electron chi connectivity index (χ4n) is 1.96. The highest BCUT2D eigenvalue weighted by molar-refractivity contribution is 8.14. The Kier molecular flexibility index (Phi) is 10.7. The summed E-state index contributed by atoms with van der Waals surface area (Å²) in [6, 6.07) is 0.0984. The molecule has 0 aromatic rings. The monoisotopic (exact) mass is 377 g/mol. The van der Waals surface area contributed by atoms with Crippen molar-refractivity contribution in [2.45, 2.75) is 53.0 Å². The van der Waals surface area contributed by atoms with Gasteiger partial charge in [-0.3, -0.25) is 14.6 Å². The number of hydrogen-bond donors (Lipinski definition) is 2. The number of amides is 2. The molecule has 0 aromatic carbocycles. The molecule has 0 atom stereocenters. The molecule has 2 rings (SSSR count). The number of carbonyl (C=O) groups is 2. The van der Waals surface area contributed by atoms with Crippen molar-refractivity contribution in [2.75, 3.05) is 12.3 Å². The fraction of sp³-hybridized carbons (Fsp3) is 0.550. The van der Waals surface area contributed by atoms with Crippen LogP contribution in [-0.2, 0) is 9.59 Å². The molecule has 144 valence electrons. The number of nitrogens with zero attached hydrogens (tertiary/aromatic N) is 1. The molecule has 1 saturated carbocycles. The number of amidine groups is 1. The van der Waals surface area contributed by atoms with Gasteiger partial charge in [-0.1, -0.05) is 47.7 Å². The van der Waals surface area contributed by atoms with Crippen molar-refractivity contribution in [1.29, 1.82) is 0 Å². The van der Waals surface area contributed by atoms with E-state index in [4.69, 9.17) is 0 Å². The van der Waals surface area contributed by atoms with Crippen LogP contribution in [0.4, 0.5) is 0 Å². The molecule has 5 nitrogen and oxygen atoms in total. The van der Waals surface area contributed by atoms with E-state index in [9.17, 15) is 9.59 Å². The maximum Gasteiger partial charge on any atom is 0.230 e. The first-order valence-electron chi connectivity index (χ1n) is 9.20. The average molecular weight is 378 g/mol. The maximum atomic E-state index is 11.7. The maximum absolute atomic E-state index is 11.7. The van der Waals surface area contributed by atoms with Gasteiger partial charge in [-0.05, 0) is 47.0 Å². The lowest BCUT2D eigenvalue weighted by molar-refractivity contribution is -0.121. The van der Waals surface area contributed by atoms with Gasteiger partial charge in [0, 0.05) is 18.5 Å². The van der Waals surface area contributed by atoms with Gasteiger partial charge in [-0.25, -0.2) is 0 Å². The van der Waals surface area contributed by atoms with Crippen molar-refractivity contribution in [2.24, 2.45) is 10.9 Å². The Balaban J connectivity index is 0.000000350. The Morgan fingerprint density at radius 3 is 2.65 bits per heavy atom. The Hall–Kier alpha value is -1.82. The molecule has 2 N–H and O–H groups in total. The van der Waals surface area contributed by atoms with Crippen molar-refractivity contribution in [3.05, 3.63) is 36.0 Å². The average Bonchev–Trinajstić information content (AvgIpc) is 3.41. The Bertz CT molecular complexity index is 585. The first-order valence-corrected chi connectivity index (χ1v) is 10.2. The van der Waals surface area contributed by atoms with Crippen molar-refractivity contribution in [3.63, 3.8) is 0 Å². The highest BCUT2D eigenvalue weighted by Crippen LogP contribution is 2.29. The molecule has 0 unspecified atom stereocenters. The van der Waals surface area contributed by atoms with E-state index in [0.717, 1.165) is 19.3 Å². The number of thioether (sulfide) groups is 1. The number of nitrogens with one attached hydrogen (secondary N) is 2. The SMILES string of the molecule is CC1=CCC=CC=C1.CCNC(=O)CSC(=NC(C)C)NC(=O)C1CC1. The molecule has 0 saturated heterocycles. The zero-order valence-electron chi connectivity index (χ0n) is 16.2. The van der Waals surface area contributed by atoms with Gasteiger partial charge >= 0.3 is 0 Å². The van der Waals surface area contributed by atoms with Crippen LogP contribution in [0.1, 0.15) is 47.0 Å². The highest BCUT2D eigenvalue weighted by Gasteiger charge is 2.30. The van der Waals surface area contributed by atoms with Crippen molar-refractivity contribution in [1.82, 2.24) is 10.6 Å². The lowest BCUT2D eigenvalue weighted by atomic mass is 10.2. The van der Waals surface area contributed by atoms with Gasteiger partial charge in [0.15, 0.2) is 5.17 Å². The predicted molar refractivity (Wildman–Crippen MR) is 111 cm³/mol. The van der Waals surface area contributed by atoms with E-state index in [1.165, 1.54) is 17.3 Å². The smallest absolute Gasteiger partial charge is 0.230 e.